The lowest BCUT2D eigenvalue weighted by molar-refractivity contribution is -0.115. The SMILES string of the molecule is O=C1Cc2cc(CCNCC3(CO)CC3)ccc2N1. The van der Waals surface area contributed by atoms with E-state index in [-0.39, 0.29) is 11.3 Å². The lowest BCUT2D eigenvalue weighted by Crippen LogP contribution is -2.28. The maximum absolute atomic E-state index is 11.3. The molecule has 0 saturated heterocycles. The normalized spacial score (nSPS) is 19.1. The van der Waals surface area contributed by atoms with Gasteiger partial charge in [-0.3, -0.25) is 4.79 Å². The molecule has 4 heteroatoms. The van der Waals surface area contributed by atoms with E-state index in [1.807, 2.05) is 6.07 Å². The molecule has 3 rings (SSSR count). The fraction of sp³-hybridized carbons (Fsp3) is 0.533. The smallest absolute Gasteiger partial charge is 0.228 e. The summed E-state index contributed by atoms with van der Waals surface area (Å²) in [5.74, 6) is 0.0869. The molecular formula is C15H20N2O2. The largest absolute Gasteiger partial charge is 0.396 e. The van der Waals surface area contributed by atoms with Crippen molar-refractivity contribution in [1.82, 2.24) is 5.32 Å². The van der Waals surface area contributed by atoms with E-state index in [1.54, 1.807) is 0 Å². The molecule has 1 aromatic rings. The molecule has 1 aliphatic heterocycles. The number of benzene rings is 1. The van der Waals surface area contributed by atoms with Crippen molar-refractivity contribution >= 4 is 11.6 Å². The van der Waals surface area contributed by atoms with Crippen LogP contribution in [0.1, 0.15) is 24.0 Å². The molecule has 0 radical (unpaired) electrons. The van der Waals surface area contributed by atoms with Gasteiger partial charge in [-0.05, 0) is 43.0 Å². The van der Waals surface area contributed by atoms with Gasteiger partial charge in [-0.2, -0.15) is 0 Å². The Kier molecular flexibility index (Phi) is 3.29. The van der Waals surface area contributed by atoms with Gasteiger partial charge >= 0.3 is 0 Å². The van der Waals surface area contributed by atoms with Crippen LogP contribution in [-0.4, -0.2) is 30.7 Å². The summed E-state index contributed by atoms with van der Waals surface area (Å²) in [6.07, 6.45) is 3.75. The van der Waals surface area contributed by atoms with Crippen LogP contribution in [0.4, 0.5) is 5.69 Å². The molecule has 1 heterocycles. The number of hydrogen-bond acceptors (Lipinski definition) is 3. The zero-order valence-corrected chi connectivity index (χ0v) is 11.0. The van der Waals surface area contributed by atoms with Gasteiger partial charge in [-0.25, -0.2) is 0 Å². The lowest BCUT2D eigenvalue weighted by atomic mass is 10.1. The average Bonchev–Trinajstić information content (AvgIpc) is 3.09. The summed E-state index contributed by atoms with van der Waals surface area (Å²) in [6, 6.07) is 6.19. The van der Waals surface area contributed by atoms with E-state index in [4.69, 9.17) is 0 Å². The van der Waals surface area contributed by atoms with Crippen LogP contribution in [0.5, 0.6) is 0 Å². The number of aliphatic hydroxyl groups excluding tert-OH is 1. The molecule has 0 aromatic heterocycles. The molecule has 0 unspecified atom stereocenters. The Morgan fingerprint density at radius 3 is 2.95 bits per heavy atom. The van der Waals surface area contributed by atoms with Gasteiger partial charge in [-0.15, -0.1) is 0 Å². The molecule has 2 aliphatic rings. The second-order valence-electron chi connectivity index (χ2n) is 5.80. The molecule has 0 atom stereocenters. The Labute approximate surface area is 113 Å². The molecular weight excluding hydrogens is 240 g/mol. The average molecular weight is 260 g/mol. The topological polar surface area (TPSA) is 61.4 Å². The molecule has 1 amide bonds. The Balaban J connectivity index is 1.48. The Morgan fingerprint density at radius 2 is 2.21 bits per heavy atom. The molecule has 0 spiro atoms. The van der Waals surface area contributed by atoms with Crippen molar-refractivity contribution in [2.45, 2.75) is 25.7 Å². The van der Waals surface area contributed by atoms with Crippen molar-refractivity contribution in [2.75, 3.05) is 25.0 Å². The summed E-state index contributed by atoms with van der Waals surface area (Å²) >= 11 is 0. The second kappa shape index (κ2) is 4.94. The van der Waals surface area contributed by atoms with E-state index in [0.29, 0.717) is 13.0 Å². The van der Waals surface area contributed by atoms with Crippen LogP contribution in [0.15, 0.2) is 18.2 Å². The highest BCUT2D eigenvalue weighted by Gasteiger charge is 2.41. The molecule has 4 nitrogen and oxygen atoms in total. The van der Waals surface area contributed by atoms with Crippen molar-refractivity contribution in [3.63, 3.8) is 0 Å². The van der Waals surface area contributed by atoms with E-state index < -0.39 is 0 Å². The molecule has 3 N–H and O–H groups in total. The highest BCUT2D eigenvalue weighted by molar-refractivity contribution is 5.99. The minimum absolute atomic E-state index is 0.0869. The Bertz CT molecular complexity index is 495. The molecule has 19 heavy (non-hydrogen) atoms. The number of amides is 1. The zero-order chi connectivity index (χ0) is 13.3. The third kappa shape index (κ3) is 2.80. The summed E-state index contributed by atoms with van der Waals surface area (Å²) in [7, 11) is 0. The predicted octanol–water partition coefficient (Wildman–Crippen LogP) is 1.09. The number of carbonyl (C=O) groups excluding carboxylic acids is 1. The monoisotopic (exact) mass is 260 g/mol. The molecule has 1 aliphatic carbocycles. The number of hydrogen-bond donors (Lipinski definition) is 3. The van der Waals surface area contributed by atoms with E-state index in [9.17, 15) is 9.90 Å². The van der Waals surface area contributed by atoms with Crippen LogP contribution in [0, 0.1) is 5.41 Å². The van der Waals surface area contributed by atoms with Gasteiger partial charge in [0, 0.05) is 24.3 Å². The van der Waals surface area contributed by atoms with Gasteiger partial charge < -0.3 is 15.7 Å². The van der Waals surface area contributed by atoms with Crippen molar-refractivity contribution < 1.29 is 9.90 Å². The van der Waals surface area contributed by atoms with Crippen molar-refractivity contribution in [3.05, 3.63) is 29.3 Å². The first-order valence-electron chi connectivity index (χ1n) is 6.94. The van der Waals surface area contributed by atoms with Crippen LogP contribution < -0.4 is 10.6 Å². The first-order valence-corrected chi connectivity index (χ1v) is 6.94. The number of carbonyl (C=O) groups is 1. The quantitative estimate of drug-likeness (QED) is 0.671. The standard InChI is InChI=1S/C15H20N2O2/c18-10-15(4-5-15)9-16-6-3-11-1-2-13-12(7-11)8-14(19)17-13/h1-2,7,16,18H,3-6,8-10H2,(H,17,19). The maximum Gasteiger partial charge on any atom is 0.228 e. The van der Waals surface area contributed by atoms with E-state index >= 15 is 0 Å². The lowest BCUT2D eigenvalue weighted by Gasteiger charge is -2.12. The highest BCUT2D eigenvalue weighted by Crippen LogP contribution is 2.44. The number of fused-ring (bicyclic) bond motifs is 1. The zero-order valence-electron chi connectivity index (χ0n) is 11.0. The number of nitrogens with one attached hydrogen (secondary N) is 2. The molecule has 1 fully saturated rings. The van der Waals surface area contributed by atoms with Crippen molar-refractivity contribution in [3.8, 4) is 0 Å². The first-order chi connectivity index (χ1) is 9.21. The van der Waals surface area contributed by atoms with Gasteiger partial charge in [0.25, 0.3) is 0 Å². The summed E-state index contributed by atoms with van der Waals surface area (Å²) < 4.78 is 0. The van der Waals surface area contributed by atoms with Crippen LogP contribution in [-0.2, 0) is 17.6 Å². The Morgan fingerprint density at radius 1 is 1.37 bits per heavy atom. The van der Waals surface area contributed by atoms with Gasteiger partial charge in [-0.1, -0.05) is 12.1 Å². The van der Waals surface area contributed by atoms with Gasteiger partial charge in [0.1, 0.15) is 0 Å². The van der Waals surface area contributed by atoms with Crippen molar-refractivity contribution in [1.29, 1.82) is 0 Å². The van der Waals surface area contributed by atoms with Crippen LogP contribution >= 0.6 is 0 Å². The fourth-order valence-corrected chi connectivity index (χ4v) is 2.59. The van der Waals surface area contributed by atoms with E-state index in [0.717, 1.165) is 43.6 Å². The fourth-order valence-electron chi connectivity index (χ4n) is 2.59. The van der Waals surface area contributed by atoms with E-state index in [2.05, 4.69) is 22.8 Å². The Hall–Kier alpha value is -1.39. The first kappa shape index (κ1) is 12.6. The molecule has 1 saturated carbocycles. The highest BCUT2D eigenvalue weighted by atomic mass is 16.3. The number of aliphatic hydroxyl groups is 1. The minimum atomic E-state index is 0.0869. The predicted molar refractivity (Wildman–Crippen MR) is 74.1 cm³/mol. The van der Waals surface area contributed by atoms with Gasteiger partial charge in [0.2, 0.25) is 5.91 Å². The third-order valence-corrected chi connectivity index (χ3v) is 4.18. The third-order valence-electron chi connectivity index (χ3n) is 4.18. The van der Waals surface area contributed by atoms with Crippen LogP contribution in [0.25, 0.3) is 0 Å². The van der Waals surface area contributed by atoms with E-state index in [1.165, 1.54) is 5.56 Å². The summed E-state index contributed by atoms with van der Waals surface area (Å²) in [5.41, 5.74) is 3.50. The van der Waals surface area contributed by atoms with Crippen LogP contribution in [0.2, 0.25) is 0 Å². The van der Waals surface area contributed by atoms with Gasteiger partial charge in [0.15, 0.2) is 0 Å². The molecule has 102 valence electrons. The molecule has 0 bridgehead atoms. The number of rotatable bonds is 6. The second-order valence-corrected chi connectivity index (χ2v) is 5.80. The number of anilines is 1. The van der Waals surface area contributed by atoms with Crippen LogP contribution in [0.3, 0.4) is 0 Å². The van der Waals surface area contributed by atoms with Gasteiger partial charge in [0.05, 0.1) is 6.42 Å². The summed E-state index contributed by atoms with van der Waals surface area (Å²) in [4.78, 5) is 11.3. The minimum Gasteiger partial charge on any atom is -0.396 e. The maximum atomic E-state index is 11.3. The molecule has 1 aromatic carbocycles. The summed E-state index contributed by atoms with van der Waals surface area (Å²) in [6.45, 7) is 2.13. The van der Waals surface area contributed by atoms with Crippen molar-refractivity contribution in [2.24, 2.45) is 5.41 Å². The summed E-state index contributed by atoms with van der Waals surface area (Å²) in [5, 5.41) is 15.5.